The molecule has 1 N–H and O–H groups in total. The maximum atomic E-state index is 13.0. The van der Waals surface area contributed by atoms with Gasteiger partial charge in [0.2, 0.25) is 5.95 Å². The molecule has 2 rings (SSSR count). The quantitative estimate of drug-likeness (QED) is 0.853. The molecule has 0 saturated heterocycles. The molecular weight excluding hydrogens is 311 g/mol. The molecule has 1 aromatic carbocycles. The molecule has 3 nitrogen and oxygen atoms in total. The molecule has 0 radical (unpaired) electrons. The van der Waals surface area contributed by atoms with E-state index in [1.54, 1.807) is 0 Å². The first-order valence-corrected chi connectivity index (χ1v) is 6.47. The average Bonchev–Trinajstić information content (AvgIpc) is 2.33. The van der Waals surface area contributed by atoms with E-state index in [9.17, 15) is 9.18 Å². The second-order valence-electron chi connectivity index (χ2n) is 4.21. The van der Waals surface area contributed by atoms with Crippen LogP contribution in [-0.2, 0) is 0 Å². The maximum Gasteiger partial charge on any atom is 0.274 e. The number of halogens is 2. The van der Waals surface area contributed by atoms with Crippen molar-refractivity contribution in [2.45, 2.75) is 13.8 Å². The van der Waals surface area contributed by atoms with E-state index in [1.807, 2.05) is 26.0 Å². The minimum absolute atomic E-state index is 0.0571. The third-order valence-corrected chi connectivity index (χ3v) is 3.14. The van der Waals surface area contributed by atoms with Crippen molar-refractivity contribution in [1.82, 2.24) is 4.98 Å². The van der Waals surface area contributed by atoms with Crippen LogP contribution in [-0.4, -0.2) is 10.9 Å². The molecule has 1 amide bonds. The lowest BCUT2D eigenvalue weighted by Crippen LogP contribution is -2.15. The number of pyridine rings is 1. The number of nitrogens with one attached hydrogen (secondary N) is 1. The molecule has 0 atom stereocenters. The molecule has 2 aromatic rings. The fourth-order valence-corrected chi connectivity index (χ4v) is 2.51. The number of hydrogen-bond donors (Lipinski definition) is 1. The van der Waals surface area contributed by atoms with Crippen molar-refractivity contribution in [3.05, 3.63) is 57.6 Å². The van der Waals surface area contributed by atoms with Crippen LogP contribution in [0, 0.1) is 19.8 Å². The monoisotopic (exact) mass is 322 g/mol. The van der Waals surface area contributed by atoms with E-state index in [0.717, 1.165) is 21.3 Å². The van der Waals surface area contributed by atoms with Gasteiger partial charge in [0, 0.05) is 10.2 Å². The van der Waals surface area contributed by atoms with Gasteiger partial charge in [0.05, 0.1) is 0 Å². The first kappa shape index (κ1) is 13.7. The molecular formula is C14H12BrFN2O. The number of carbonyl (C=O) groups excluding carboxylic acids is 1. The number of hydrogen-bond acceptors (Lipinski definition) is 2. The summed E-state index contributed by atoms with van der Waals surface area (Å²) in [6.07, 6.45) is 0. The molecule has 1 aromatic heterocycles. The third-order valence-electron chi connectivity index (χ3n) is 2.68. The zero-order chi connectivity index (χ0) is 14.0. The molecule has 0 unspecified atom stereocenters. The van der Waals surface area contributed by atoms with Gasteiger partial charge in [-0.15, -0.1) is 0 Å². The number of benzene rings is 1. The molecule has 0 fully saturated rings. The van der Waals surface area contributed by atoms with Crippen LogP contribution >= 0.6 is 15.9 Å². The minimum Gasteiger partial charge on any atom is -0.320 e. The van der Waals surface area contributed by atoms with Crippen LogP contribution in [0.15, 0.2) is 34.8 Å². The lowest BCUT2D eigenvalue weighted by atomic mass is 10.1. The van der Waals surface area contributed by atoms with Gasteiger partial charge in [-0.05, 0) is 49.2 Å². The van der Waals surface area contributed by atoms with Crippen molar-refractivity contribution in [2.24, 2.45) is 0 Å². The Morgan fingerprint density at radius 2 is 1.89 bits per heavy atom. The normalized spacial score (nSPS) is 10.3. The number of aryl methyl sites for hydroxylation is 2. The van der Waals surface area contributed by atoms with Crippen molar-refractivity contribution in [1.29, 1.82) is 0 Å². The molecule has 0 aliphatic rings. The van der Waals surface area contributed by atoms with E-state index < -0.39 is 11.9 Å². The highest BCUT2D eigenvalue weighted by atomic mass is 79.9. The van der Waals surface area contributed by atoms with Gasteiger partial charge in [-0.1, -0.05) is 22.0 Å². The Kier molecular flexibility index (Phi) is 3.95. The van der Waals surface area contributed by atoms with Gasteiger partial charge in [0.15, 0.2) is 0 Å². The maximum absolute atomic E-state index is 13.0. The fourth-order valence-electron chi connectivity index (χ4n) is 1.82. The molecule has 98 valence electrons. The van der Waals surface area contributed by atoms with E-state index in [-0.39, 0.29) is 5.69 Å². The predicted molar refractivity (Wildman–Crippen MR) is 75.8 cm³/mol. The van der Waals surface area contributed by atoms with Crippen LogP contribution in [0.4, 0.5) is 10.1 Å². The molecule has 19 heavy (non-hydrogen) atoms. The van der Waals surface area contributed by atoms with E-state index in [4.69, 9.17) is 0 Å². The summed E-state index contributed by atoms with van der Waals surface area (Å²) >= 11 is 3.39. The summed E-state index contributed by atoms with van der Waals surface area (Å²) in [6.45, 7) is 3.79. The van der Waals surface area contributed by atoms with Crippen molar-refractivity contribution in [3.63, 3.8) is 0 Å². The highest BCUT2D eigenvalue weighted by Gasteiger charge is 2.12. The van der Waals surface area contributed by atoms with Crippen LogP contribution in [0.3, 0.4) is 0 Å². The molecule has 0 bridgehead atoms. The Morgan fingerprint density at radius 3 is 2.47 bits per heavy atom. The first-order valence-electron chi connectivity index (χ1n) is 5.68. The molecule has 0 saturated carbocycles. The summed E-state index contributed by atoms with van der Waals surface area (Å²) < 4.78 is 13.9. The zero-order valence-electron chi connectivity index (χ0n) is 10.5. The number of anilines is 1. The Bertz CT molecular complexity index is 620. The second-order valence-corrected chi connectivity index (χ2v) is 5.13. The van der Waals surface area contributed by atoms with Gasteiger partial charge in [-0.25, -0.2) is 4.98 Å². The summed E-state index contributed by atoms with van der Waals surface area (Å²) in [5, 5.41) is 2.76. The topological polar surface area (TPSA) is 42.0 Å². The van der Waals surface area contributed by atoms with Gasteiger partial charge in [-0.2, -0.15) is 4.39 Å². The highest BCUT2D eigenvalue weighted by molar-refractivity contribution is 9.10. The van der Waals surface area contributed by atoms with Crippen molar-refractivity contribution in [2.75, 3.05) is 5.32 Å². The summed E-state index contributed by atoms with van der Waals surface area (Å²) in [5.74, 6) is -1.09. The van der Waals surface area contributed by atoms with Gasteiger partial charge in [0.1, 0.15) is 5.69 Å². The van der Waals surface area contributed by atoms with Gasteiger partial charge < -0.3 is 5.32 Å². The van der Waals surface area contributed by atoms with Crippen LogP contribution < -0.4 is 5.32 Å². The third kappa shape index (κ3) is 3.17. The molecule has 0 aliphatic carbocycles. The number of nitrogens with zero attached hydrogens (tertiary/aromatic N) is 1. The van der Waals surface area contributed by atoms with Crippen molar-refractivity contribution < 1.29 is 9.18 Å². The van der Waals surface area contributed by atoms with Crippen LogP contribution in [0.25, 0.3) is 0 Å². The van der Waals surface area contributed by atoms with Gasteiger partial charge in [0.25, 0.3) is 5.91 Å². The van der Waals surface area contributed by atoms with Crippen molar-refractivity contribution >= 4 is 27.5 Å². The number of amides is 1. The largest absolute Gasteiger partial charge is 0.320 e. The van der Waals surface area contributed by atoms with Crippen LogP contribution in [0.2, 0.25) is 0 Å². The molecule has 0 aliphatic heterocycles. The lowest BCUT2D eigenvalue weighted by Gasteiger charge is -2.12. The zero-order valence-corrected chi connectivity index (χ0v) is 12.1. The first-order chi connectivity index (χ1) is 8.97. The summed E-state index contributed by atoms with van der Waals surface area (Å²) in [6, 6.07) is 7.94. The smallest absolute Gasteiger partial charge is 0.274 e. The minimum atomic E-state index is -0.670. The van der Waals surface area contributed by atoms with Gasteiger partial charge in [-0.3, -0.25) is 4.79 Å². The SMILES string of the molecule is Cc1cc(Br)cc(C)c1NC(=O)c1cccc(F)n1. The molecule has 1 heterocycles. The summed E-state index contributed by atoms with van der Waals surface area (Å²) in [7, 11) is 0. The summed E-state index contributed by atoms with van der Waals surface area (Å²) in [5.41, 5.74) is 2.63. The standard InChI is InChI=1S/C14H12BrFN2O/c1-8-6-10(15)7-9(2)13(8)18-14(19)11-4-3-5-12(16)17-11/h3-7H,1-2H3,(H,18,19). The van der Waals surface area contributed by atoms with E-state index >= 15 is 0 Å². The number of aromatic nitrogens is 1. The predicted octanol–water partition coefficient (Wildman–Crippen LogP) is 3.85. The average molecular weight is 323 g/mol. The number of carbonyl (C=O) groups is 1. The molecule has 0 spiro atoms. The van der Waals surface area contributed by atoms with E-state index in [0.29, 0.717) is 0 Å². The Morgan fingerprint density at radius 1 is 1.26 bits per heavy atom. The van der Waals surface area contributed by atoms with E-state index in [2.05, 4.69) is 26.2 Å². The fraction of sp³-hybridized carbons (Fsp3) is 0.143. The summed E-state index contributed by atoms with van der Waals surface area (Å²) in [4.78, 5) is 15.6. The van der Waals surface area contributed by atoms with Gasteiger partial charge >= 0.3 is 0 Å². The Hall–Kier alpha value is -1.75. The van der Waals surface area contributed by atoms with Crippen LogP contribution in [0.1, 0.15) is 21.6 Å². The van der Waals surface area contributed by atoms with Crippen molar-refractivity contribution in [3.8, 4) is 0 Å². The molecule has 5 heteroatoms. The lowest BCUT2D eigenvalue weighted by molar-refractivity contribution is 0.102. The Balaban J connectivity index is 2.29. The van der Waals surface area contributed by atoms with E-state index in [1.165, 1.54) is 18.2 Å². The second kappa shape index (κ2) is 5.48. The van der Waals surface area contributed by atoms with Crippen LogP contribution in [0.5, 0.6) is 0 Å². The highest BCUT2D eigenvalue weighted by Crippen LogP contribution is 2.25. The number of rotatable bonds is 2. The Labute approximate surface area is 119 Å².